The number of nitrogens with zero attached hydrogens (tertiary/aromatic N) is 2. The van der Waals surface area contributed by atoms with E-state index in [-0.39, 0.29) is 0 Å². The molecular weight excluding hydrogens is 284 g/mol. The van der Waals surface area contributed by atoms with Crippen LogP contribution in [-0.2, 0) is 9.53 Å². The van der Waals surface area contributed by atoms with E-state index in [0.29, 0.717) is 12.1 Å². The van der Waals surface area contributed by atoms with E-state index < -0.39 is 23.8 Å². The second kappa shape index (κ2) is 8.42. The van der Waals surface area contributed by atoms with E-state index in [1.807, 2.05) is 36.4 Å². The van der Waals surface area contributed by atoms with Crippen molar-refractivity contribution in [2.24, 2.45) is 16.8 Å². The molecule has 0 aliphatic heterocycles. The molecule has 7 heteroatoms. The first-order valence-electron chi connectivity index (χ1n) is 6.60. The Morgan fingerprint density at radius 1 is 1.41 bits per heavy atom. The van der Waals surface area contributed by atoms with Crippen LogP contribution in [0.1, 0.15) is 24.8 Å². The van der Waals surface area contributed by atoms with E-state index in [0.717, 1.165) is 5.56 Å². The third-order valence-corrected chi connectivity index (χ3v) is 3.10. The molecule has 0 aliphatic carbocycles. The van der Waals surface area contributed by atoms with Crippen LogP contribution < -0.4 is 11.2 Å². The first kappa shape index (κ1) is 17.2. The van der Waals surface area contributed by atoms with Gasteiger partial charge in [0.1, 0.15) is 0 Å². The van der Waals surface area contributed by atoms with Gasteiger partial charge in [-0.05, 0) is 18.9 Å². The maximum atomic E-state index is 11.8. The number of hydrazone groups is 1. The van der Waals surface area contributed by atoms with Crippen LogP contribution in [0, 0.1) is 17.2 Å². The van der Waals surface area contributed by atoms with Crippen LogP contribution in [0.3, 0.4) is 0 Å². The summed E-state index contributed by atoms with van der Waals surface area (Å²) in [4.78, 5) is 22.5. The standard InChI is InChI=1S/C15H18N4O3/c1-10(18-19-15(17)21)8-12(11-6-4-3-5-7-11)13(9-16)14(20)22-2/h3-7,12-13H,8H2,1-2H3,(H3,17,19,21)/b18-10-/t12-,13-/m1/s1. The Morgan fingerprint density at radius 3 is 2.55 bits per heavy atom. The van der Waals surface area contributed by atoms with Gasteiger partial charge in [0, 0.05) is 11.6 Å². The lowest BCUT2D eigenvalue weighted by Crippen LogP contribution is -2.27. The Morgan fingerprint density at radius 2 is 2.05 bits per heavy atom. The number of nitriles is 1. The van der Waals surface area contributed by atoms with E-state index >= 15 is 0 Å². The number of amides is 2. The number of primary amides is 1. The predicted molar refractivity (Wildman–Crippen MR) is 80.7 cm³/mol. The van der Waals surface area contributed by atoms with Gasteiger partial charge < -0.3 is 10.5 Å². The maximum absolute atomic E-state index is 11.8. The smallest absolute Gasteiger partial charge is 0.332 e. The minimum atomic E-state index is -0.967. The second-order valence-electron chi connectivity index (χ2n) is 4.67. The molecule has 7 nitrogen and oxygen atoms in total. The predicted octanol–water partition coefficient (Wildman–Crippen LogP) is 1.52. The van der Waals surface area contributed by atoms with Crippen molar-refractivity contribution in [1.82, 2.24) is 5.43 Å². The van der Waals surface area contributed by atoms with Crippen LogP contribution in [0.5, 0.6) is 0 Å². The Balaban J connectivity index is 3.07. The average Bonchev–Trinajstić information content (AvgIpc) is 2.53. The molecule has 2 atom stereocenters. The van der Waals surface area contributed by atoms with Gasteiger partial charge in [-0.2, -0.15) is 10.4 Å². The van der Waals surface area contributed by atoms with Crippen LogP contribution in [0.2, 0.25) is 0 Å². The molecule has 0 heterocycles. The quantitative estimate of drug-likeness (QED) is 0.470. The Kier molecular flexibility index (Phi) is 6.57. The number of benzene rings is 1. The zero-order valence-corrected chi connectivity index (χ0v) is 12.4. The van der Waals surface area contributed by atoms with E-state index in [2.05, 4.69) is 10.5 Å². The van der Waals surface area contributed by atoms with Gasteiger partial charge in [0.2, 0.25) is 0 Å². The molecule has 0 unspecified atom stereocenters. The summed E-state index contributed by atoms with van der Waals surface area (Å²) in [5.74, 6) is -2.00. The fourth-order valence-corrected chi connectivity index (χ4v) is 2.08. The molecule has 1 rings (SSSR count). The molecule has 0 bridgehead atoms. The summed E-state index contributed by atoms with van der Waals surface area (Å²) >= 11 is 0. The SMILES string of the molecule is COC(=O)[C@H](C#N)[C@H](C/C(C)=N\NC(N)=O)c1ccccc1. The molecule has 0 spiro atoms. The first-order chi connectivity index (χ1) is 10.5. The number of ether oxygens (including phenoxy) is 1. The number of carbonyl (C=O) groups is 2. The molecule has 0 aromatic heterocycles. The third-order valence-electron chi connectivity index (χ3n) is 3.10. The Bertz CT molecular complexity index is 593. The molecule has 1 aromatic carbocycles. The monoisotopic (exact) mass is 302 g/mol. The summed E-state index contributed by atoms with van der Waals surface area (Å²) in [6.45, 7) is 1.68. The highest BCUT2D eigenvalue weighted by molar-refractivity contribution is 5.86. The van der Waals surface area contributed by atoms with Crippen molar-refractivity contribution in [3.8, 4) is 6.07 Å². The maximum Gasteiger partial charge on any atom is 0.332 e. The van der Waals surface area contributed by atoms with Crippen LogP contribution >= 0.6 is 0 Å². The van der Waals surface area contributed by atoms with Gasteiger partial charge in [0.05, 0.1) is 13.2 Å². The van der Waals surface area contributed by atoms with E-state index in [1.165, 1.54) is 7.11 Å². The topological polar surface area (TPSA) is 118 Å². The molecule has 116 valence electrons. The van der Waals surface area contributed by atoms with Crippen molar-refractivity contribution in [3.63, 3.8) is 0 Å². The van der Waals surface area contributed by atoms with Crippen molar-refractivity contribution in [3.05, 3.63) is 35.9 Å². The fraction of sp³-hybridized carbons (Fsp3) is 0.333. The van der Waals surface area contributed by atoms with Crippen LogP contribution in [0.4, 0.5) is 4.79 Å². The lowest BCUT2D eigenvalue weighted by molar-refractivity contribution is -0.144. The summed E-state index contributed by atoms with van der Waals surface area (Å²) in [6, 6.07) is 10.3. The van der Waals surface area contributed by atoms with Gasteiger partial charge in [0.25, 0.3) is 0 Å². The number of nitrogens with one attached hydrogen (secondary N) is 1. The van der Waals surface area contributed by atoms with Crippen molar-refractivity contribution in [2.75, 3.05) is 7.11 Å². The summed E-state index contributed by atoms with van der Waals surface area (Å²) in [5.41, 5.74) is 8.44. The van der Waals surface area contributed by atoms with Crippen LogP contribution in [-0.4, -0.2) is 24.8 Å². The first-order valence-corrected chi connectivity index (χ1v) is 6.60. The molecule has 2 amide bonds. The van der Waals surface area contributed by atoms with E-state index in [1.54, 1.807) is 6.92 Å². The minimum absolute atomic E-state index is 0.303. The highest BCUT2D eigenvalue weighted by Gasteiger charge is 2.31. The molecule has 0 aliphatic rings. The van der Waals surface area contributed by atoms with Gasteiger partial charge in [-0.25, -0.2) is 10.2 Å². The summed E-state index contributed by atoms with van der Waals surface area (Å²) < 4.78 is 4.69. The van der Waals surface area contributed by atoms with Crippen molar-refractivity contribution in [1.29, 1.82) is 5.26 Å². The Hall–Kier alpha value is -2.88. The van der Waals surface area contributed by atoms with Gasteiger partial charge in [-0.3, -0.25) is 4.79 Å². The Labute approximate surface area is 128 Å². The molecular formula is C15H18N4O3. The van der Waals surface area contributed by atoms with Gasteiger partial charge in [-0.15, -0.1) is 0 Å². The largest absolute Gasteiger partial charge is 0.468 e. The molecule has 1 aromatic rings. The normalized spacial score (nSPS) is 13.6. The van der Waals surface area contributed by atoms with Crippen LogP contribution in [0.25, 0.3) is 0 Å². The van der Waals surface area contributed by atoms with Crippen molar-refractivity contribution < 1.29 is 14.3 Å². The second-order valence-corrected chi connectivity index (χ2v) is 4.67. The van der Waals surface area contributed by atoms with Gasteiger partial charge in [0.15, 0.2) is 5.92 Å². The molecule has 0 saturated heterocycles. The molecule has 0 saturated carbocycles. The van der Waals surface area contributed by atoms with E-state index in [9.17, 15) is 14.9 Å². The lowest BCUT2D eigenvalue weighted by atomic mass is 9.83. The number of hydrogen-bond donors (Lipinski definition) is 2. The molecule has 3 N–H and O–H groups in total. The summed E-state index contributed by atoms with van der Waals surface area (Å²) in [6.07, 6.45) is 0.303. The number of methoxy groups -OCH3 is 1. The number of urea groups is 1. The summed E-state index contributed by atoms with van der Waals surface area (Å²) in [7, 11) is 1.24. The lowest BCUT2D eigenvalue weighted by Gasteiger charge is -2.20. The average molecular weight is 302 g/mol. The number of carbonyl (C=O) groups excluding carboxylic acids is 2. The minimum Gasteiger partial charge on any atom is -0.468 e. The third kappa shape index (κ3) is 4.90. The van der Waals surface area contributed by atoms with Crippen molar-refractivity contribution in [2.45, 2.75) is 19.3 Å². The van der Waals surface area contributed by atoms with Gasteiger partial charge in [-0.1, -0.05) is 30.3 Å². The van der Waals surface area contributed by atoms with Crippen molar-refractivity contribution >= 4 is 17.7 Å². The zero-order valence-electron chi connectivity index (χ0n) is 12.4. The van der Waals surface area contributed by atoms with Gasteiger partial charge >= 0.3 is 12.0 Å². The van der Waals surface area contributed by atoms with Crippen LogP contribution in [0.15, 0.2) is 35.4 Å². The zero-order chi connectivity index (χ0) is 16.5. The molecule has 0 radical (unpaired) electrons. The highest BCUT2D eigenvalue weighted by atomic mass is 16.5. The molecule has 22 heavy (non-hydrogen) atoms. The van der Waals surface area contributed by atoms with E-state index in [4.69, 9.17) is 10.5 Å². The molecule has 0 fully saturated rings. The number of esters is 1. The number of nitrogens with two attached hydrogens (primary N) is 1. The number of hydrogen-bond acceptors (Lipinski definition) is 5. The number of rotatable bonds is 6. The summed E-state index contributed by atoms with van der Waals surface area (Å²) in [5, 5.41) is 13.1. The highest BCUT2D eigenvalue weighted by Crippen LogP contribution is 2.29. The fourth-order valence-electron chi connectivity index (χ4n) is 2.08.